The molecule has 0 saturated carbocycles. The molecule has 0 spiro atoms. The summed E-state index contributed by atoms with van der Waals surface area (Å²) >= 11 is 1.16. The Kier molecular flexibility index (Phi) is 5.02. The van der Waals surface area contributed by atoms with Crippen LogP contribution < -0.4 is 5.32 Å². The number of rotatable bonds is 6. The van der Waals surface area contributed by atoms with Crippen molar-refractivity contribution in [1.29, 1.82) is 0 Å². The van der Waals surface area contributed by atoms with Gasteiger partial charge in [-0.2, -0.15) is 0 Å². The molecule has 6 nitrogen and oxygen atoms in total. The van der Waals surface area contributed by atoms with Crippen LogP contribution in [0.3, 0.4) is 0 Å². The van der Waals surface area contributed by atoms with Crippen LogP contribution in [-0.2, 0) is 16.1 Å². The minimum Gasteiger partial charge on any atom is -0.481 e. The van der Waals surface area contributed by atoms with Crippen LogP contribution in [0.15, 0.2) is 11.4 Å². The Bertz CT molecular complexity index is 417. The van der Waals surface area contributed by atoms with Gasteiger partial charge in [0.05, 0.1) is 11.4 Å². The van der Waals surface area contributed by atoms with Crippen LogP contribution in [0.5, 0.6) is 0 Å². The Morgan fingerprint density at radius 3 is 2.88 bits per heavy atom. The molecule has 17 heavy (non-hydrogen) atoms. The zero-order valence-corrected chi connectivity index (χ0v) is 10.6. The summed E-state index contributed by atoms with van der Waals surface area (Å²) in [7, 11) is 1.58. The minimum absolute atomic E-state index is 0.0313. The third-order valence-electron chi connectivity index (χ3n) is 2.04. The fraction of sp³-hybridized carbons (Fsp3) is 0.500. The van der Waals surface area contributed by atoms with Crippen LogP contribution in [0.2, 0.25) is 0 Å². The second-order valence-corrected chi connectivity index (χ2v) is 4.41. The standard InChI is InChI=1S/C10H15N3O3S/c1-7-5-13(4-3-8(14)11-2)10(12-7)17-6-9(15)16/h5H,3-4,6H2,1-2H3,(H,11,14)(H,15,16). The summed E-state index contributed by atoms with van der Waals surface area (Å²) < 4.78 is 1.80. The predicted octanol–water partition coefficient (Wildman–Crippen LogP) is 0.504. The first-order valence-corrected chi connectivity index (χ1v) is 6.10. The molecule has 0 atom stereocenters. The van der Waals surface area contributed by atoms with Crippen molar-refractivity contribution in [2.45, 2.75) is 25.0 Å². The molecule has 1 aromatic rings. The van der Waals surface area contributed by atoms with Gasteiger partial charge in [-0.15, -0.1) is 0 Å². The van der Waals surface area contributed by atoms with E-state index in [1.165, 1.54) is 0 Å². The molecule has 0 aliphatic carbocycles. The van der Waals surface area contributed by atoms with E-state index in [1.54, 1.807) is 11.6 Å². The third kappa shape index (κ3) is 4.48. The van der Waals surface area contributed by atoms with E-state index in [0.717, 1.165) is 17.5 Å². The normalized spacial score (nSPS) is 10.2. The number of nitrogens with one attached hydrogen (secondary N) is 1. The van der Waals surface area contributed by atoms with Crippen molar-refractivity contribution in [1.82, 2.24) is 14.9 Å². The molecule has 1 aromatic heterocycles. The van der Waals surface area contributed by atoms with Crippen LogP contribution in [0, 0.1) is 6.92 Å². The summed E-state index contributed by atoms with van der Waals surface area (Å²) in [6, 6.07) is 0. The number of amides is 1. The maximum Gasteiger partial charge on any atom is 0.313 e. The van der Waals surface area contributed by atoms with Crippen LogP contribution in [-0.4, -0.2) is 39.3 Å². The van der Waals surface area contributed by atoms with Gasteiger partial charge in [0.2, 0.25) is 5.91 Å². The van der Waals surface area contributed by atoms with Gasteiger partial charge >= 0.3 is 5.97 Å². The molecule has 1 amide bonds. The minimum atomic E-state index is -0.881. The van der Waals surface area contributed by atoms with Gasteiger partial charge in [0.15, 0.2) is 5.16 Å². The highest BCUT2D eigenvalue weighted by atomic mass is 32.2. The lowest BCUT2D eigenvalue weighted by Gasteiger charge is -2.05. The Hall–Kier alpha value is -1.50. The molecular weight excluding hydrogens is 242 g/mol. The second kappa shape index (κ2) is 6.29. The molecule has 0 aliphatic rings. The van der Waals surface area contributed by atoms with Crippen LogP contribution in [0.1, 0.15) is 12.1 Å². The average molecular weight is 257 g/mol. The number of carbonyl (C=O) groups excluding carboxylic acids is 1. The van der Waals surface area contributed by atoms with Crippen molar-refractivity contribution in [2.24, 2.45) is 0 Å². The van der Waals surface area contributed by atoms with Gasteiger partial charge in [0, 0.05) is 26.2 Å². The van der Waals surface area contributed by atoms with E-state index in [4.69, 9.17) is 5.11 Å². The van der Waals surface area contributed by atoms with Gasteiger partial charge in [-0.05, 0) is 6.92 Å². The number of carboxylic acid groups (broad SMARTS) is 1. The maximum absolute atomic E-state index is 11.1. The lowest BCUT2D eigenvalue weighted by atomic mass is 10.4. The molecule has 0 unspecified atom stereocenters. The van der Waals surface area contributed by atoms with Gasteiger partial charge in [-0.1, -0.05) is 11.8 Å². The highest BCUT2D eigenvalue weighted by Crippen LogP contribution is 2.17. The number of nitrogens with zero attached hydrogens (tertiary/aromatic N) is 2. The summed E-state index contributed by atoms with van der Waals surface area (Å²) in [6.07, 6.45) is 2.17. The molecular formula is C10H15N3O3S. The molecule has 7 heteroatoms. The van der Waals surface area contributed by atoms with Crippen molar-refractivity contribution in [3.05, 3.63) is 11.9 Å². The molecule has 0 bridgehead atoms. The first kappa shape index (κ1) is 13.6. The van der Waals surface area contributed by atoms with E-state index < -0.39 is 5.97 Å². The van der Waals surface area contributed by atoms with Crippen molar-refractivity contribution in [3.63, 3.8) is 0 Å². The third-order valence-corrected chi connectivity index (χ3v) is 3.02. The highest BCUT2D eigenvalue weighted by Gasteiger charge is 2.09. The second-order valence-electron chi connectivity index (χ2n) is 3.46. The van der Waals surface area contributed by atoms with Crippen LogP contribution >= 0.6 is 11.8 Å². The summed E-state index contributed by atoms with van der Waals surface area (Å²) in [5.74, 6) is -0.963. The van der Waals surface area contributed by atoms with E-state index >= 15 is 0 Å². The topological polar surface area (TPSA) is 84.2 Å². The summed E-state index contributed by atoms with van der Waals surface area (Å²) in [6.45, 7) is 2.34. The van der Waals surface area contributed by atoms with E-state index in [9.17, 15) is 9.59 Å². The Labute approximate surface area is 103 Å². The maximum atomic E-state index is 11.1. The van der Waals surface area contributed by atoms with Gasteiger partial charge in [-0.3, -0.25) is 9.59 Å². The largest absolute Gasteiger partial charge is 0.481 e. The lowest BCUT2D eigenvalue weighted by molar-refractivity contribution is -0.134. The van der Waals surface area contributed by atoms with Gasteiger partial charge in [0.25, 0.3) is 0 Å². The van der Waals surface area contributed by atoms with E-state index in [1.807, 2.05) is 13.1 Å². The summed E-state index contributed by atoms with van der Waals surface area (Å²) in [5, 5.41) is 11.8. The Morgan fingerprint density at radius 2 is 2.29 bits per heavy atom. The van der Waals surface area contributed by atoms with Gasteiger partial charge in [0.1, 0.15) is 0 Å². The number of hydrogen-bond donors (Lipinski definition) is 2. The molecule has 2 N–H and O–H groups in total. The number of imidazole rings is 1. The molecule has 0 aromatic carbocycles. The first-order chi connectivity index (χ1) is 8.02. The first-order valence-electron chi connectivity index (χ1n) is 5.12. The number of thioether (sulfide) groups is 1. The number of aliphatic carboxylic acids is 1. The average Bonchev–Trinajstić information content (AvgIpc) is 2.63. The predicted molar refractivity (Wildman–Crippen MR) is 64.0 cm³/mol. The van der Waals surface area contributed by atoms with Crippen LogP contribution in [0.25, 0.3) is 0 Å². The SMILES string of the molecule is CNC(=O)CCn1cc(C)nc1SCC(=O)O. The number of carboxylic acids is 1. The Balaban J connectivity index is 2.63. The monoisotopic (exact) mass is 257 g/mol. The van der Waals surface area contributed by atoms with Crippen molar-refractivity contribution >= 4 is 23.6 Å². The van der Waals surface area contributed by atoms with Gasteiger partial charge < -0.3 is 15.0 Å². The number of aromatic nitrogens is 2. The van der Waals surface area contributed by atoms with Crippen molar-refractivity contribution in [2.75, 3.05) is 12.8 Å². The van der Waals surface area contributed by atoms with Crippen LogP contribution in [0.4, 0.5) is 0 Å². The molecule has 0 fully saturated rings. The number of carbonyl (C=O) groups is 2. The smallest absolute Gasteiger partial charge is 0.313 e. The number of hydrogen-bond acceptors (Lipinski definition) is 4. The Morgan fingerprint density at radius 1 is 1.59 bits per heavy atom. The molecule has 1 heterocycles. The zero-order valence-electron chi connectivity index (χ0n) is 9.77. The van der Waals surface area contributed by atoms with Crippen molar-refractivity contribution in [3.8, 4) is 0 Å². The summed E-state index contributed by atoms with van der Waals surface area (Å²) in [4.78, 5) is 25.8. The fourth-order valence-electron chi connectivity index (χ4n) is 1.27. The van der Waals surface area contributed by atoms with Crippen molar-refractivity contribution < 1.29 is 14.7 Å². The fourth-order valence-corrected chi connectivity index (χ4v) is 2.04. The summed E-state index contributed by atoms with van der Waals surface area (Å²) in [5.41, 5.74) is 0.815. The number of aryl methyl sites for hydroxylation is 2. The molecule has 0 aliphatic heterocycles. The zero-order chi connectivity index (χ0) is 12.8. The van der Waals surface area contributed by atoms with Gasteiger partial charge in [-0.25, -0.2) is 4.98 Å². The van der Waals surface area contributed by atoms with E-state index in [0.29, 0.717) is 18.1 Å². The van der Waals surface area contributed by atoms with E-state index in [2.05, 4.69) is 10.3 Å². The lowest BCUT2D eigenvalue weighted by Crippen LogP contribution is -2.19. The molecule has 0 saturated heterocycles. The molecule has 0 radical (unpaired) electrons. The highest BCUT2D eigenvalue weighted by molar-refractivity contribution is 7.99. The molecule has 1 rings (SSSR count). The van der Waals surface area contributed by atoms with E-state index in [-0.39, 0.29) is 11.7 Å². The molecule has 94 valence electrons. The quantitative estimate of drug-likeness (QED) is 0.725.